The number of piperidine rings is 1. The van der Waals surface area contributed by atoms with E-state index in [1.54, 1.807) is 6.07 Å². The molecule has 2 rings (SSSR count). The minimum Gasteiger partial charge on any atom is -0.356 e. The fraction of sp³-hybridized carbons (Fsp3) is 0.583. The highest BCUT2D eigenvalue weighted by atomic mass is 79.9. The number of alkyl halides is 4. The largest absolute Gasteiger partial charge is 0.433 e. The highest BCUT2D eigenvalue weighted by Gasteiger charge is 2.33. The fourth-order valence-electron chi connectivity index (χ4n) is 2.08. The van der Waals surface area contributed by atoms with Gasteiger partial charge in [-0.15, -0.1) is 0 Å². The molecule has 6 heteroatoms. The summed E-state index contributed by atoms with van der Waals surface area (Å²) in [5, 5.41) is 0. The van der Waals surface area contributed by atoms with E-state index in [1.807, 2.05) is 4.90 Å². The molecule has 0 aromatic carbocycles. The number of hydrogen-bond donors (Lipinski definition) is 0. The average Bonchev–Trinajstić information content (AvgIpc) is 2.32. The molecule has 18 heavy (non-hydrogen) atoms. The fourth-order valence-corrected chi connectivity index (χ4v) is 2.45. The van der Waals surface area contributed by atoms with Crippen LogP contribution in [0.2, 0.25) is 0 Å². The van der Waals surface area contributed by atoms with E-state index in [0.29, 0.717) is 16.6 Å². The Kier molecular flexibility index (Phi) is 3.84. The van der Waals surface area contributed by atoms with Gasteiger partial charge in [0.1, 0.15) is 11.5 Å². The van der Waals surface area contributed by atoms with E-state index in [2.05, 4.69) is 27.8 Å². The third-order valence-electron chi connectivity index (χ3n) is 3.15. The number of halogens is 4. The highest BCUT2D eigenvalue weighted by molar-refractivity contribution is 9.09. The molecule has 0 saturated carbocycles. The zero-order valence-corrected chi connectivity index (χ0v) is 11.5. The summed E-state index contributed by atoms with van der Waals surface area (Å²) in [6.07, 6.45) is -3.46. The molecule has 1 aliphatic heterocycles. The first-order chi connectivity index (χ1) is 8.38. The Morgan fingerprint density at radius 3 is 2.72 bits per heavy atom. The summed E-state index contributed by atoms with van der Waals surface area (Å²) >= 11 is 3.57. The lowest BCUT2D eigenvalue weighted by Crippen LogP contribution is -2.40. The van der Waals surface area contributed by atoms with E-state index >= 15 is 0 Å². The van der Waals surface area contributed by atoms with Crippen molar-refractivity contribution in [3.8, 4) is 0 Å². The molecule has 0 bridgehead atoms. The lowest BCUT2D eigenvalue weighted by Gasteiger charge is -2.35. The van der Waals surface area contributed by atoms with Crippen LogP contribution in [0.3, 0.4) is 0 Å². The van der Waals surface area contributed by atoms with Gasteiger partial charge in [0.15, 0.2) is 0 Å². The third kappa shape index (κ3) is 2.96. The van der Waals surface area contributed by atoms with Crippen LogP contribution in [0.25, 0.3) is 0 Å². The Morgan fingerprint density at radius 2 is 2.11 bits per heavy atom. The van der Waals surface area contributed by atoms with E-state index in [4.69, 9.17) is 0 Å². The number of pyridine rings is 1. The van der Waals surface area contributed by atoms with Crippen LogP contribution in [0.5, 0.6) is 0 Å². The first-order valence-electron chi connectivity index (χ1n) is 5.81. The lowest BCUT2D eigenvalue weighted by atomic mass is 10.0. The molecular formula is C12H14BrF3N2. The van der Waals surface area contributed by atoms with Crippen molar-refractivity contribution in [1.29, 1.82) is 0 Å². The molecule has 2 unspecified atom stereocenters. The first kappa shape index (κ1) is 13.6. The minimum absolute atomic E-state index is 0.398. The van der Waals surface area contributed by atoms with Gasteiger partial charge in [0.2, 0.25) is 0 Å². The molecule has 0 N–H and O–H groups in total. The molecule has 2 atom stereocenters. The molecule has 2 heterocycles. The molecule has 0 radical (unpaired) electrons. The van der Waals surface area contributed by atoms with Crippen molar-refractivity contribution in [2.24, 2.45) is 5.92 Å². The molecular weight excluding hydrogens is 309 g/mol. The van der Waals surface area contributed by atoms with Gasteiger partial charge in [0, 0.05) is 17.9 Å². The predicted molar refractivity (Wildman–Crippen MR) is 67.9 cm³/mol. The smallest absolute Gasteiger partial charge is 0.356 e. The van der Waals surface area contributed by atoms with Gasteiger partial charge in [-0.3, -0.25) is 0 Å². The molecule has 0 spiro atoms. The third-order valence-corrected chi connectivity index (χ3v) is 4.51. The Balaban J connectivity index is 2.19. The van der Waals surface area contributed by atoms with E-state index < -0.39 is 11.9 Å². The Morgan fingerprint density at radius 1 is 1.39 bits per heavy atom. The second kappa shape index (κ2) is 5.07. The molecule has 1 saturated heterocycles. The molecule has 2 nitrogen and oxygen atoms in total. The number of nitrogens with zero attached hydrogens (tertiary/aromatic N) is 2. The van der Waals surface area contributed by atoms with Crippen molar-refractivity contribution < 1.29 is 13.2 Å². The van der Waals surface area contributed by atoms with Gasteiger partial charge in [0.05, 0.1) is 0 Å². The van der Waals surface area contributed by atoms with Crippen LogP contribution in [-0.2, 0) is 6.18 Å². The monoisotopic (exact) mass is 322 g/mol. The van der Waals surface area contributed by atoms with Crippen LogP contribution in [0.4, 0.5) is 19.0 Å². The topological polar surface area (TPSA) is 16.1 Å². The quantitative estimate of drug-likeness (QED) is 0.733. The van der Waals surface area contributed by atoms with E-state index in [1.165, 1.54) is 6.07 Å². The second-order valence-corrected chi connectivity index (χ2v) is 5.78. The molecule has 1 aromatic heterocycles. The lowest BCUT2D eigenvalue weighted by molar-refractivity contribution is -0.141. The molecule has 0 amide bonds. The minimum atomic E-state index is -4.38. The van der Waals surface area contributed by atoms with Crippen LogP contribution in [0.15, 0.2) is 18.2 Å². The van der Waals surface area contributed by atoms with E-state index in [0.717, 1.165) is 25.6 Å². The van der Waals surface area contributed by atoms with Crippen LogP contribution < -0.4 is 4.90 Å². The maximum atomic E-state index is 12.6. The van der Waals surface area contributed by atoms with Gasteiger partial charge in [-0.25, -0.2) is 4.98 Å². The van der Waals surface area contributed by atoms with Crippen molar-refractivity contribution in [3.63, 3.8) is 0 Å². The molecule has 1 fully saturated rings. The number of aromatic nitrogens is 1. The van der Waals surface area contributed by atoms with Crippen LogP contribution in [-0.4, -0.2) is 22.9 Å². The maximum absolute atomic E-state index is 12.6. The van der Waals surface area contributed by atoms with Gasteiger partial charge in [-0.2, -0.15) is 13.2 Å². The van der Waals surface area contributed by atoms with Crippen LogP contribution in [0, 0.1) is 5.92 Å². The van der Waals surface area contributed by atoms with Crippen molar-refractivity contribution in [2.45, 2.75) is 24.3 Å². The standard InChI is InChI=1S/C12H14BrF3N2/c1-8-7-18(6-5-9(8)13)11-4-2-3-10(17-11)12(14,15)16/h2-4,8-9H,5-7H2,1H3. The summed E-state index contributed by atoms with van der Waals surface area (Å²) in [5.74, 6) is 0.811. The average molecular weight is 323 g/mol. The normalized spacial score (nSPS) is 25.3. The van der Waals surface area contributed by atoms with Crippen molar-refractivity contribution in [2.75, 3.05) is 18.0 Å². The maximum Gasteiger partial charge on any atom is 0.433 e. The summed E-state index contributed by atoms with van der Waals surface area (Å²) in [4.78, 5) is 6.06. The van der Waals surface area contributed by atoms with Gasteiger partial charge in [-0.05, 0) is 24.5 Å². The highest BCUT2D eigenvalue weighted by Crippen LogP contribution is 2.31. The summed E-state index contributed by atoms with van der Waals surface area (Å²) in [6, 6.07) is 4.05. The van der Waals surface area contributed by atoms with E-state index in [-0.39, 0.29) is 0 Å². The summed E-state index contributed by atoms with van der Waals surface area (Å²) in [6.45, 7) is 3.54. The Hall–Kier alpha value is -0.780. The Bertz CT molecular complexity index is 422. The second-order valence-electron chi connectivity index (χ2n) is 4.61. The molecule has 100 valence electrons. The number of hydrogen-bond acceptors (Lipinski definition) is 2. The van der Waals surface area contributed by atoms with Gasteiger partial charge in [-0.1, -0.05) is 28.9 Å². The molecule has 1 aliphatic rings. The summed E-state index contributed by atoms with van der Waals surface area (Å²) in [7, 11) is 0. The van der Waals surface area contributed by atoms with Crippen molar-refractivity contribution >= 4 is 21.7 Å². The summed E-state index contributed by atoms with van der Waals surface area (Å²) in [5.41, 5.74) is -0.825. The number of anilines is 1. The van der Waals surface area contributed by atoms with Crippen LogP contribution >= 0.6 is 15.9 Å². The first-order valence-corrected chi connectivity index (χ1v) is 6.73. The zero-order valence-electron chi connectivity index (χ0n) is 9.91. The number of rotatable bonds is 1. The van der Waals surface area contributed by atoms with Gasteiger partial charge >= 0.3 is 6.18 Å². The predicted octanol–water partition coefficient (Wildman–Crippen LogP) is 3.71. The molecule has 0 aliphatic carbocycles. The van der Waals surface area contributed by atoms with Gasteiger partial charge < -0.3 is 4.90 Å². The summed E-state index contributed by atoms with van der Waals surface area (Å²) < 4.78 is 37.8. The van der Waals surface area contributed by atoms with E-state index in [9.17, 15) is 13.2 Å². The SMILES string of the molecule is CC1CN(c2cccc(C(F)(F)F)n2)CCC1Br. The van der Waals surface area contributed by atoms with Crippen LogP contribution in [0.1, 0.15) is 19.0 Å². The van der Waals surface area contributed by atoms with Crippen molar-refractivity contribution in [3.05, 3.63) is 23.9 Å². The van der Waals surface area contributed by atoms with Gasteiger partial charge in [0.25, 0.3) is 0 Å². The molecule has 1 aromatic rings. The van der Waals surface area contributed by atoms with Crippen molar-refractivity contribution in [1.82, 2.24) is 4.98 Å². The Labute approximate surface area is 112 Å². The zero-order chi connectivity index (χ0) is 13.3.